The number of hydrogen-bond donors (Lipinski definition) is 2. The molecule has 0 bridgehead atoms. The lowest BCUT2D eigenvalue weighted by atomic mass is 9.99. The van der Waals surface area contributed by atoms with Crippen molar-refractivity contribution >= 4 is 0 Å². The number of nitrogens with one attached hydrogen (secondary N) is 2. The van der Waals surface area contributed by atoms with E-state index in [1.165, 1.54) is 5.56 Å². The summed E-state index contributed by atoms with van der Waals surface area (Å²) in [4.78, 5) is 0. The summed E-state index contributed by atoms with van der Waals surface area (Å²) < 4.78 is 10.8. The number of morpholine rings is 1. The van der Waals surface area contributed by atoms with Crippen LogP contribution in [0.4, 0.5) is 0 Å². The average molecular weight is 250 g/mol. The Bertz CT molecular complexity index is 365. The van der Waals surface area contributed by atoms with Gasteiger partial charge in [0.2, 0.25) is 0 Å². The lowest BCUT2D eigenvalue weighted by Crippen LogP contribution is -2.43. The number of hydrogen-bond acceptors (Lipinski definition) is 4. The van der Waals surface area contributed by atoms with Crippen molar-refractivity contribution in [2.75, 3.05) is 33.9 Å². The Hall–Kier alpha value is -1.10. The maximum Gasteiger partial charge on any atom is 0.119 e. The Balaban J connectivity index is 2.02. The molecule has 1 aliphatic rings. The molecule has 18 heavy (non-hydrogen) atoms. The summed E-state index contributed by atoms with van der Waals surface area (Å²) in [6, 6.07) is 8.96. The van der Waals surface area contributed by atoms with Crippen molar-refractivity contribution in [1.29, 1.82) is 0 Å². The summed E-state index contributed by atoms with van der Waals surface area (Å²) in [6.07, 6.45) is 1.02. The second kappa shape index (κ2) is 6.73. The highest BCUT2D eigenvalue weighted by Gasteiger charge is 2.19. The SMILES string of the molecule is CNC(CC1COCCN1)c1cccc(OC)c1. The van der Waals surface area contributed by atoms with Gasteiger partial charge in [0.15, 0.2) is 0 Å². The first-order valence-corrected chi connectivity index (χ1v) is 6.46. The first kappa shape index (κ1) is 13.3. The van der Waals surface area contributed by atoms with E-state index in [-0.39, 0.29) is 0 Å². The van der Waals surface area contributed by atoms with Gasteiger partial charge in [-0.3, -0.25) is 0 Å². The van der Waals surface area contributed by atoms with Gasteiger partial charge >= 0.3 is 0 Å². The van der Waals surface area contributed by atoms with Crippen molar-refractivity contribution in [3.8, 4) is 5.75 Å². The highest BCUT2D eigenvalue weighted by molar-refractivity contribution is 5.30. The fourth-order valence-electron chi connectivity index (χ4n) is 2.33. The van der Waals surface area contributed by atoms with E-state index in [1.807, 2.05) is 19.2 Å². The van der Waals surface area contributed by atoms with Crippen molar-refractivity contribution in [2.45, 2.75) is 18.5 Å². The molecule has 1 aliphatic heterocycles. The van der Waals surface area contributed by atoms with Gasteiger partial charge in [0, 0.05) is 18.6 Å². The summed E-state index contributed by atoms with van der Waals surface area (Å²) in [5.74, 6) is 0.903. The van der Waals surface area contributed by atoms with Crippen molar-refractivity contribution in [1.82, 2.24) is 10.6 Å². The predicted octanol–water partition coefficient (Wildman–Crippen LogP) is 1.33. The zero-order valence-electron chi connectivity index (χ0n) is 11.1. The van der Waals surface area contributed by atoms with Crippen molar-refractivity contribution in [3.63, 3.8) is 0 Å². The molecule has 0 aliphatic carbocycles. The third kappa shape index (κ3) is 3.45. The van der Waals surface area contributed by atoms with Gasteiger partial charge < -0.3 is 20.1 Å². The lowest BCUT2D eigenvalue weighted by molar-refractivity contribution is 0.0708. The second-order valence-corrected chi connectivity index (χ2v) is 4.58. The maximum atomic E-state index is 5.49. The number of methoxy groups -OCH3 is 1. The van der Waals surface area contributed by atoms with Crippen LogP contribution in [0.2, 0.25) is 0 Å². The third-order valence-electron chi connectivity index (χ3n) is 3.36. The minimum absolute atomic E-state index is 0.319. The van der Waals surface area contributed by atoms with Crippen LogP contribution in [0.15, 0.2) is 24.3 Å². The van der Waals surface area contributed by atoms with Crippen LogP contribution in [0.3, 0.4) is 0 Å². The first-order chi connectivity index (χ1) is 8.83. The molecule has 100 valence electrons. The molecule has 2 N–H and O–H groups in total. The van der Waals surface area contributed by atoms with Crippen LogP contribution < -0.4 is 15.4 Å². The molecule has 2 unspecified atom stereocenters. The molecule has 4 nitrogen and oxygen atoms in total. The van der Waals surface area contributed by atoms with E-state index in [0.29, 0.717) is 12.1 Å². The predicted molar refractivity (Wildman–Crippen MR) is 72.0 cm³/mol. The minimum atomic E-state index is 0.319. The van der Waals surface area contributed by atoms with Gasteiger partial charge in [-0.2, -0.15) is 0 Å². The molecule has 2 rings (SSSR count). The molecule has 0 spiro atoms. The number of rotatable bonds is 5. The normalized spacial score (nSPS) is 21.6. The molecular weight excluding hydrogens is 228 g/mol. The summed E-state index contributed by atoms with van der Waals surface area (Å²) in [5.41, 5.74) is 1.25. The van der Waals surface area contributed by atoms with E-state index in [2.05, 4.69) is 22.8 Å². The molecule has 1 aromatic rings. The maximum absolute atomic E-state index is 5.49. The van der Waals surface area contributed by atoms with E-state index in [1.54, 1.807) is 7.11 Å². The molecule has 1 saturated heterocycles. The largest absolute Gasteiger partial charge is 0.497 e. The van der Waals surface area contributed by atoms with Crippen LogP contribution in [0, 0.1) is 0 Å². The Labute approximate surface area is 109 Å². The molecule has 0 amide bonds. The smallest absolute Gasteiger partial charge is 0.119 e. The summed E-state index contributed by atoms with van der Waals surface area (Å²) in [5, 5.41) is 6.85. The Kier molecular flexibility index (Phi) is 4.99. The Morgan fingerprint density at radius 2 is 2.44 bits per heavy atom. The Morgan fingerprint density at radius 1 is 1.56 bits per heavy atom. The quantitative estimate of drug-likeness (QED) is 0.827. The zero-order chi connectivity index (χ0) is 12.8. The van der Waals surface area contributed by atoms with Gasteiger partial charge in [-0.05, 0) is 31.2 Å². The summed E-state index contributed by atoms with van der Waals surface area (Å²) in [7, 11) is 3.69. The summed E-state index contributed by atoms with van der Waals surface area (Å²) in [6.45, 7) is 2.56. The third-order valence-corrected chi connectivity index (χ3v) is 3.36. The number of ether oxygens (including phenoxy) is 2. The highest BCUT2D eigenvalue weighted by Crippen LogP contribution is 2.23. The molecule has 1 aromatic carbocycles. The zero-order valence-corrected chi connectivity index (χ0v) is 11.1. The molecule has 1 fully saturated rings. The van der Waals surface area contributed by atoms with Crippen LogP contribution in [-0.4, -0.2) is 40.0 Å². The van der Waals surface area contributed by atoms with E-state index < -0.39 is 0 Å². The molecule has 1 heterocycles. The van der Waals surface area contributed by atoms with E-state index >= 15 is 0 Å². The van der Waals surface area contributed by atoms with Gasteiger partial charge in [0.1, 0.15) is 5.75 Å². The average Bonchev–Trinajstić information content (AvgIpc) is 2.46. The lowest BCUT2D eigenvalue weighted by Gasteiger charge is -2.28. The first-order valence-electron chi connectivity index (χ1n) is 6.46. The van der Waals surface area contributed by atoms with Crippen LogP contribution in [-0.2, 0) is 4.74 Å². The number of benzene rings is 1. The van der Waals surface area contributed by atoms with Crippen LogP contribution in [0.1, 0.15) is 18.0 Å². The van der Waals surface area contributed by atoms with Gasteiger partial charge in [-0.15, -0.1) is 0 Å². The van der Waals surface area contributed by atoms with Crippen LogP contribution in [0.25, 0.3) is 0 Å². The monoisotopic (exact) mass is 250 g/mol. The van der Waals surface area contributed by atoms with Crippen LogP contribution in [0.5, 0.6) is 5.75 Å². The van der Waals surface area contributed by atoms with Gasteiger partial charge in [0.05, 0.1) is 20.3 Å². The molecule has 0 aromatic heterocycles. The van der Waals surface area contributed by atoms with Crippen molar-refractivity contribution < 1.29 is 9.47 Å². The second-order valence-electron chi connectivity index (χ2n) is 4.58. The highest BCUT2D eigenvalue weighted by atomic mass is 16.5. The summed E-state index contributed by atoms with van der Waals surface area (Å²) >= 11 is 0. The van der Waals surface area contributed by atoms with Crippen LogP contribution >= 0.6 is 0 Å². The van der Waals surface area contributed by atoms with E-state index in [0.717, 1.165) is 31.9 Å². The van der Waals surface area contributed by atoms with E-state index in [9.17, 15) is 0 Å². The van der Waals surface area contributed by atoms with Crippen molar-refractivity contribution in [3.05, 3.63) is 29.8 Å². The molecule has 0 saturated carbocycles. The van der Waals surface area contributed by atoms with Crippen molar-refractivity contribution in [2.24, 2.45) is 0 Å². The standard InChI is InChI=1S/C14H22N2O2/c1-15-14(9-12-10-18-7-6-16-12)11-4-3-5-13(8-11)17-2/h3-5,8,12,14-16H,6-7,9-10H2,1-2H3. The van der Waals surface area contributed by atoms with Gasteiger partial charge in [-0.1, -0.05) is 12.1 Å². The molecule has 0 radical (unpaired) electrons. The van der Waals surface area contributed by atoms with Gasteiger partial charge in [0.25, 0.3) is 0 Å². The fourth-order valence-corrected chi connectivity index (χ4v) is 2.33. The van der Waals surface area contributed by atoms with E-state index in [4.69, 9.17) is 9.47 Å². The fraction of sp³-hybridized carbons (Fsp3) is 0.571. The van der Waals surface area contributed by atoms with Gasteiger partial charge in [-0.25, -0.2) is 0 Å². The minimum Gasteiger partial charge on any atom is -0.497 e. The Morgan fingerprint density at radius 3 is 3.11 bits per heavy atom. The molecule has 2 atom stereocenters. The molecular formula is C14H22N2O2. The molecule has 4 heteroatoms. The topological polar surface area (TPSA) is 42.5 Å².